The van der Waals surface area contributed by atoms with Crippen LogP contribution in [0.15, 0.2) is 0 Å². The summed E-state index contributed by atoms with van der Waals surface area (Å²) in [6.45, 7) is 5.35. The third-order valence-electron chi connectivity index (χ3n) is 3.60. The van der Waals surface area contributed by atoms with E-state index in [-0.39, 0.29) is 0 Å². The summed E-state index contributed by atoms with van der Waals surface area (Å²) in [5, 5.41) is 3.40. The van der Waals surface area contributed by atoms with E-state index in [1.807, 2.05) is 11.9 Å². The van der Waals surface area contributed by atoms with Gasteiger partial charge in [-0.1, -0.05) is 26.2 Å². The number of carbonyl (C=O) groups is 1. The number of nitrogens with zero attached hydrogens (tertiary/aromatic N) is 1. The van der Waals surface area contributed by atoms with E-state index in [0.717, 1.165) is 32.5 Å². The largest absolute Gasteiger partial charge is 0.345 e. The number of piperidine rings is 1. The summed E-state index contributed by atoms with van der Waals surface area (Å²) >= 11 is 0. The highest BCUT2D eigenvalue weighted by Gasteiger charge is 2.17. The van der Waals surface area contributed by atoms with Crippen molar-refractivity contribution in [1.29, 1.82) is 0 Å². The van der Waals surface area contributed by atoms with Crippen molar-refractivity contribution in [3.05, 3.63) is 0 Å². The highest BCUT2D eigenvalue weighted by Crippen LogP contribution is 2.12. The smallest absolute Gasteiger partial charge is 0.222 e. The Morgan fingerprint density at radius 1 is 1.35 bits per heavy atom. The lowest BCUT2D eigenvalue weighted by molar-refractivity contribution is -0.130. The molecule has 100 valence electrons. The van der Waals surface area contributed by atoms with Gasteiger partial charge in [-0.2, -0.15) is 0 Å². The number of unbranched alkanes of at least 4 members (excludes halogenated alkanes) is 3. The van der Waals surface area contributed by atoms with Gasteiger partial charge in [-0.15, -0.1) is 0 Å². The van der Waals surface area contributed by atoms with Crippen LogP contribution < -0.4 is 5.32 Å². The zero-order chi connectivity index (χ0) is 12.5. The zero-order valence-corrected chi connectivity index (χ0v) is 11.5. The summed E-state index contributed by atoms with van der Waals surface area (Å²) in [5.41, 5.74) is 0. The lowest BCUT2D eigenvalue weighted by atomic mass is 9.99. The summed E-state index contributed by atoms with van der Waals surface area (Å²) in [4.78, 5) is 13.8. The van der Waals surface area contributed by atoms with Gasteiger partial charge in [-0.05, 0) is 38.3 Å². The maximum absolute atomic E-state index is 11.9. The van der Waals surface area contributed by atoms with Crippen molar-refractivity contribution in [3.8, 4) is 0 Å². The van der Waals surface area contributed by atoms with E-state index in [1.165, 1.54) is 32.1 Å². The van der Waals surface area contributed by atoms with Crippen LogP contribution in [0.4, 0.5) is 0 Å². The Morgan fingerprint density at radius 2 is 2.18 bits per heavy atom. The zero-order valence-electron chi connectivity index (χ0n) is 11.5. The summed E-state index contributed by atoms with van der Waals surface area (Å²) in [6.07, 6.45) is 7.99. The van der Waals surface area contributed by atoms with Crippen LogP contribution in [0.1, 0.15) is 51.9 Å². The van der Waals surface area contributed by atoms with Gasteiger partial charge >= 0.3 is 0 Å². The Bertz CT molecular complexity index is 212. The van der Waals surface area contributed by atoms with Gasteiger partial charge in [-0.3, -0.25) is 4.79 Å². The molecule has 1 heterocycles. The van der Waals surface area contributed by atoms with E-state index in [1.54, 1.807) is 0 Å². The molecule has 1 saturated heterocycles. The maximum atomic E-state index is 11.9. The average molecular weight is 240 g/mol. The minimum atomic E-state index is 0.326. The fourth-order valence-electron chi connectivity index (χ4n) is 2.46. The van der Waals surface area contributed by atoms with E-state index >= 15 is 0 Å². The van der Waals surface area contributed by atoms with Crippen molar-refractivity contribution in [2.24, 2.45) is 5.92 Å². The second kappa shape index (κ2) is 8.51. The van der Waals surface area contributed by atoms with E-state index in [0.29, 0.717) is 11.8 Å². The van der Waals surface area contributed by atoms with Crippen molar-refractivity contribution in [1.82, 2.24) is 10.2 Å². The second-order valence-corrected chi connectivity index (χ2v) is 5.30. The Hall–Kier alpha value is -0.570. The van der Waals surface area contributed by atoms with Crippen LogP contribution in [0, 0.1) is 5.92 Å². The van der Waals surface area contributed by atoms with Gasteiger partial charge < -0.3 is 10.2 Å². The summed E-state index contributed by atoms with van der Waals surface area (Å²) in [7, 11) is 1.96. The Morgan fingerprint density at radius 3 is 2.82 bits per heavy atom. The quantitative estimate of drug-likeness (QED) is 0.693. The van der Waals surface area contributed by atoms with E-state index < -0.39 is 0 Å². The summed E-state index contributed by atoms with van der Waals surface area (Å²) < 4.78 is 0. The first-order valence-electron chi connectivity index (χ1n) is 7.18. The van der Waals surface area contributed by atoms with Gasteiger partial charge in [0, 0.05) is 20.0 Å². The first-order valence-corrected chi connectivity index (χ1v) is 7.18. The van der Waals surface area contributed by atoms with Crippen LogP contribution in [0.25, 0.3) is 0 Å². The molecular weight excluding hydrogens is 212 g/mol. The number of hydrogen-bond acceptors (Lipinski definition) is 2. The average Bonchev–Trinajstić information content (AvgIpc) is 2.35. The number of nitrogens with one attached hydrogen (secondary N) is 1. The standard InChI is InChI=1S/C14H28N2O/c1-3-4-5-6-9-14(17)16(2)12-13-8-7-10-15-11-13/h13,15H,3-12H2,1-2H3. The predicted molar refractivity (Wildman–Crippen MR) is 72.0 cm³/mol. The third-order valence-corrected chi connectivity index (χ3v) is 3.60. The Labute approximate surface area is 106 Å². The molecule has 1 fully saturated rings. The molecule has 1 unspecified atom stereocenters. The first kappa shape index (κ1) is 14.5. The molecule has 1 amide bonds. The molecule has 1 aliphatic rings. The van der Waals surface area contributed by atoms with Gasteiger partial charge in [0.05, 0.1) is 0 Å². The third kappa shape index (κ3) is 6.06. The number of amides is 1. The van der Waals surface area contributed by atoms with Gasteiger partial charge in [0.2, 0.25) is 5.91 Å². The molecule has 1 N–H and O–H groups in total. The fraction of sp³-hybridized carbons (Fsp3) is 0.929. The lowest BCUT2D eigenvalue weighted by Gasteiger charge is -2.27. The van der Waals surface area contributed by atoms with Gasteiger partial charge in [0.15, 0.2) is 0 Å². The van der Waals surface area contributed by atoms with Crippen LogP contribution in [0.5, 0.6) is 0 Å². The molecule has 0 bridgehead atoms. The molecule has 1 atom stereocenters. The molecule has 1 rings (SSSR count). The minimum absolute atomic E-state index is 0.326. The van der Waals surface area contributed by atoms with Crippen molar-refractivity contribution in [3.63, 3.8) is 0 Å². The van der Waals surface area contributed by atoms with Gasteiger partial charge in [0.1, 0.15) is 0 Å². The van der Waals surface area contributed by atoms with Crippen LogP contribution >= 0.6 is 0 Å². The topological polar surface area (TPSA) is 32.3 Å². The monoisotopic (exact) mass is 240 g/mol. The first-order chi connectivity index (χ1) is 8.24. The molecule has 0 spiro atoms. The molecule has 0 aliphatic carbocycles. The van der Waals surface area contributed by atoms with Crippen LogP contribution in [-0.2, 0) is 4.79 Å². The van der Waals surface area contributed by atoms with Gasteiger partial charge in [-0.25, -0.2) is 0 Å². The van der Waals surface area contributed by atoms with Crippen molar-refractivity contribution in [2.45, 2.75) is 51.9 Å². The number of carbonyl (C=O) groups excluding carboxylic acids is 1. The molecule has 0 aromatic heterocycles. The highest BCUT2D eigenvalue weighted by molar-refractivity contribution is 5.75. The van der Waals surface area contributed by atoms with Crippen LogP contribution in [0.2, 0.25) is 0 Å². The van der Waals surface area contributed by atoms with E-state index in [9.17, 15) is 4.79 Å². The Balaban J connectivity index is 2.12. The predicted octanol–water partition coefficient (Wildman–Crippen LogP) is 2.41. The normalized spacial score (nSPS) is 20.2. The van der Waals surface area contributed by atoms with E-state index in [2.05, 4.69) is 12.2 Å². The minimum Gasteiger partial charge on any atom is -0.345 e. The number of hydrogen-bond donors (Lipinski definition) is 1. The fourth-order valence-corrected chi connectivity index (χ4v) is 2.46. The van der Waals surface area contributed by atoms with Crippen molar-refractivity contribution < 1.29 is 4.79 Å². The van der Waals surface area contributed by atoms with Crippen molar-refractivity contribution >= 4 is 5.91 Å². The van der Waals surface area contributed by atoms with E-state index in [4.69, 9.17) is 0 Å². The van der Waals surface area contributed by atoms with Gasteiger partial charge in [0.25, 0.3) is 0 Å². The molecule has 1 aliphatic heterocycles. The molecule has 3 nitrogen and oxygen atoms in total. The number of rotatable bonds is 7. The lowest BCUT2D eigenvalue weighted by Crippen LogP contribution is -2.39. The second-order valence-electron chi connectivity index (χ2n) is 5.30. The molecule has 0 saturated carbocycles. The Kier molecular flexibility index (Phi) is 7.25. The molecular formula is C14H28N2O. The van der Waals surface area contributed by atoms with Crippen LogP contribution in [-0.4, -0.2) is 37.5 Å². The molecule has 0 aromatic rings. The molecule has 0 aromatic carbocycles. The highest BCUT2D eigenvalue weighted by atomic mass is 16.2. The SMILES string of the molecule is CCCCCCC(=O)N(C)CC1CCCNC1. The van der Waals surface area contributed by atoms with Crippen LogP contribution in [0.3, 0.4) is 0 Å². The molecule has 3 heteroatoms. The summed E-state index contributed by atoms with van der Waals surface area (Å²) in [6, 6.07) is 0. The molecule has 0 radical (unpaired) electrons. The van der Waals surface area contributed by atoms with Crippen molar-refractivity contribution in [2.75, 3.05) is 26.7 Å². The molecule has 17 heavy (non-hydrogen) atoms. The summed E-state index contributed by atoms with van der Waals surface area (Å²) in [5.74, 6) is 0.986. The maximum Gasteiger partial charge on any atom is 0.222 e.